The Bertz CT molecular complexity index is 1590. The Hall–Kier alpha value is -4.50. The lowest BCUT2D eigenvalue weighted by molar-refractivity contribution is -0.142. The fraction of sp³-hybridized carbons (Fsp3) is 0.514. The molecule has 0 radical (unpaired) electrons. The number of anilines is 1. The number of aromatic nitrogens is 1. The average molecular weight is 808 g/mol. The van der Waals surface area contributed by atoms with Crippen LogP contribution in [0.4, 0.5) is 5.69 Å². The molecule has 1 aromatic carbocycles. The van der Waals surface area contributed by atoms with Crippen LogP contribution in [0.5, 0.6) is 0 Å². The molecule has 1 amide bonds. The van der Waals surface area contributed by atoms with Gasteiger partial charge in [0.15, 0.2) is 5.11 Å². The number of carbonyl (C=O) groups excluding carboxylic acids is 1. The van der Waals surface area contributed by atoms with E-state index in [1.807, 2.05) is 36.2 Å². The number of pyridine rings is 1. The van der Waals surface area contributed by atoms with Crippen molar-refractivity contribution in [2.24, 2.45) is 0 Å². The first-order valence-electron chi connectivity index (χ1n) is 17.7. The molecule has 302 valence electrons. The first kappa shape index (κ1) is 44.9. The SMILES string of the molecule is CN(CCNC(=O)c1ccc(Cl)cn1)CCNC(=S)Nc1ccc(CC2CN(CC(=O)O)CCN(CC(=O)O)CCN(CC(=O)O)CCN2CC(=O)O)cc1. The van der Waals surface area contributed by atoms with Crippen molar-refractivity contribution >= 4 is 64.4 Å². The molecule has 3 rings (SSSR count). The lowest BCUT2D eigenvalue weighted by atomic mass is 10.0. The van der Waals surface area contributed by atoms with Gasteiger partial charge in [0.05, 0.1) is 31.2 Å². The molecule has 0 bridgehead atoms. The molecule has 55 heavy (non-hydrogen) atoms. The number of hydrogen-bond acceptors (Lipinski definition) is 12. The second-order valence-electron chi connectivity index (χ2n) is 13.2. The summed E-state index contributed by atoms with van der Waals surface area (Å²) in [5.74, 6) is -4.56. The van der Waals surface area contributed by atoms with Gasteiger partial charge in [0.2, 0.25) is 0 Å². The van der Waals surface area contributed by atoms with Crippen molar-refractivity contribution in [3.05, 3.63) is 58.9 Å². The topological polar surface area (TPSA) is 231 Å². The highest BCUT2D eigenvalue weighted by molar-refractivity contribution is 7.80. The van der Waals surface area contributed by atoms with Gasteiger partial charge in [-0.3, -0.25) is 43.6 Å². The molecule has 20 heteroatoms. The summed E-state index contributed by atoms with van der Waals surface area (Å²) in [4.78, 5) is 72.0. The van der Waals surface area contributed by atoms with Crippen LogP contribution in [-0.2, 0) is 25.6 Å². The first-order valence-corrected chi connectivity index (χ1v) is 18.5. The summed E-state index contributed by atoms with van der Waals surface area (Å²) in [5, 5.41) is 48.5. The molecule has 0 spiro atoms. The van der Waals surface area contributed by atoms with Crippen molar-refractivity contribution in [2.45, 2.75) is 12.5 Å². The van der Waals surface area contributed by atoms with Gasteiger partial charge in [0.25, 0.3) is 5.91 Å². The summed E-state index contributed by atoms with van der Waals surface area (Å²) >= 11 is 11.3. The zero-order chi connectivity index (χ0) is 40.3. The van der Waals surface area contributed by atoms with Gasteiger partial charge in [0, 0.05) is 89.9 Å². The molecule has 1 atom stereocenters. The Morgan fingerprint density at radius 2 is 1.29 bits per heavy atom. The Kier molecular flexibility index (Phi) is 19.1. The van der Waals surface area contributed by atoms with Crippen LogP contribution < -0.4 is 16.0 Å². The number of thiocarbonyl (C=S) groups is 1. The molecule has 0 aliphatic carbocycles. The van der Waals surface area contributed by atoms with Gasteiger partial charge < -0.3 is 41.3 Å². The van der Waals surface area contributed by atoms with Crippen molar-refractivity contribution in [2.75, 3.05) is 111 Å². The van der Waals surface area contributed by atoms with E-state index in [2.05, 4.69) is 20.9 Å². The summed E-state index contributed by atoms with van der Waals surface area (Å²) in [6.07, 6.45) is 1.77. The molecule has 2 aromatic rings. The number of aliphatic carboxylic acids is 4. The number of carboxylic acid groups (broad SMARTS) is 4. The predicted molar refractivity (Wildman–Crippen MR) is 209 cm³/mol. The molecule has 1 fully saturated rings. The first-order chi connectivity index (χ1) is 26.2. The summed E-state index contributed by atoms with van der Waals surface area (Å²) in [7, 11) is 1.92. The maximum atomic E-state index is 12.2. The lowest BCUT2D eigenvalue weighted by Crippen LogP contribution is -2.53. The molecule has 7 N–H and O–H groups in total. The highest BCUT2D eigenvalue weighted by atomic mass is 35.5. The van der Waals surface area contributed by atoms with Crippen LogP contribution >= 0.6 is 23.8 Å². The number of benzene rings is 1. The van der Waals surface area contributed by atoms with Crippen LogP contribution in [0.25, 0.3) is 0 Å². The number of carbonyl (C=O) groups is 5. The van der Waals surface area contributed by atoms with E-state index in [9.17, 15) is 44.4 Å². The second kappa shape index (κ2) is 23.4. The molecule has 1 saturated heterocycles. The Labute approximate surface area is 330 Å². The minimum atomic E-state index is -1.08. The summed E-state index contributed by atoms with van der Waals surface area (Å²) < 4.78 is 0. The standard InChI is InChI=1S/C35H50ClN9O9S/c1-41(10-8-37-34(54)29-7-4-26(36)19-39-29)11-9-38-35(55)40-27-5-2-25(3-6-27)18-28-20-44(23-32(50)51)15-14-42(21-30(46)47)12-13-43(22-31(48)49)16-17-45(28)24-33(52)53/h2-7,19,28H,8-18,20-24H2,1H3,(H,37,54)(H,46,47)(H,48,49)(H,50,51)(H,52,53)(H2,38,40,55). The van der Waals surface area contributed by atoms with Gasteiger partial charge in [-0.25, -0.2) is 4.98 Å². The van der Waals surface area contributed by atoms with Crippen LogP contribution in [0.2, 0.25) is 5.02 Å². The van der Waals surface area contributed by atoms with Crippen LogP contribution in [0.1, 0.15) is 16.1 Å². The quantitative estimate of drug-likeness (QED) is 0.0972. The number of carboxylic acids is 4. The molecule has 1 aliphatic rings. The van der Waals surface area contributed by atoms with E-state index in [1.54, 1.807) is 31.7 Å². The van der Waals surface area contributed by atoms with E-state index in [1.165, 1.54) is 6.20 Å². The fourth-order valence-electron chi connectivity index (χ4n) is 5.96. The van der Waals surface area contributed by atoms with Gasteiger partial charge >= 0.3 is 23.9 Å². The fourth-order valence-corrected chi connectivity index (χ4v) is 6.29. The van der Waals surface area contributed by atoms with Crippen LogP contribution in [0.15, 0.2) is 42.6 Å². The van der Waals surface area contributed by atoms with Crippen LogP contribution in [-0.4, -0.2) is 196 Å². The number of likely N-dealkylation sites (N-methyl/N-ethyl adjacent to an activating group) is 1. The smallest absolute Gasteiger partial charge is 0.317 e. The largest absolute Gasteiger partial charge is 0.480 e. The molecule has 0 saturated carbocycles. The minimum Gasteiger partial charge on any atom is -0.480 e. The number of rotatable bonds is 18. The minimum absolute atomic E-state index is 0.174. The molecule has 2 heterocycles. The average Bonchev–Trinajstić information content (AvgIpc) is 3.10. The number of halogens is 1. The monoisotopic (exact) mass is 807 g/mol. The predicted octanol–water partition coefficient (Wildman–Crippen LogP) is -0.146. The number of nitrogens with one attached hydrogen (secondary N) is 3. The van der Waals surface area contributed by atoms with E-state index in [0.29, 0.717) is 48.4 Å². The van der Waals surface area contributed by atoms with E-state index < -0.39 is 29.9 Å². The van der Waals surface area contributed by atoms with Crippen molar-refractivity contribution in [3.63, 3.8) is 0 Å². The van der Waals surface area contributed by atoms with Crippen LogP contribution in [0.3, 0.4) is 0 Å². The van der Waals surface area contributed by atoms with Crippen molar-refractivity contribution < 1.29 is 44.4 Å². The Morgan fingerprint density at radius 1 is 0.764 bits per heavy atom. The Balaban J connectivity index is 1.61. The second-order valence-corrected chi connectivity index (χ2v) is 14.0. The van der Waals surface area contributed by atoms with E-state index >= 15 is 0 Å². The zero-order valence-electron chi connectivity index (χ0n) is 30.7. The lowest BCUT2D eigenvalue weighted by Gasteiger charge is -2.37. The highest BCUT2D eigenvalue weighted by Crippen LogP contribution is 2.16. The highest BCUT2D eigenvalue weighted by Gasteiger charge is 2.27. The Morgan fingerprint density at radius 3 is 1.84 bits per heavy atom. The molecule has 1 unspecified atom stereocenters. The summed E-state index contributed by atoms with van der Waals surface area (Å²) in [6.45, 7) is 2.42. The molecule has 18 nitrogen and oxygen atoms in total. The van der Waals surface area contributed by atoms with E-state index in [-0.39, 0.29) is 83.6 Å². The normalized spacial score (nSPS) is 16.7. The van der Waals surface area contributed by atoms with Crippen molar-refractivity contribution in [1.82, 2.24) is 40.1 Å². The third kappa shape index (κ3) is 18.1. The van der Waals surface area contributed by atoms with Gasteiger partial charge in [-0.2, -0.15) is 0 Å². The van der Waals surface area contributed by atoms with Crippen LogP contribution in [0, 0.1) is 0 Å². The number of nitrogens with zero attached hydrogens (tertiary/aromatic N) is 6. The maximum absolute atomic E-state index is 12.2. The summed E-state index contributed by atoms with van der Waals surface area (Å²) in [5.41, 5.74) is 1.85. The summed E-state index contributed by atoms with van der Waals surface area (Å²) in [6, 6.07) is 10.1. The third-order valence-corrected chi connectivity index (χ3v) is 9.24. The van der Waals surface area contributed by atoms with E-state index in [0.717, 1.165) is 5.56 Å². The van der Waals surface area contributed by atoms with Gasteiger partial charge in [-0.05, 0) is 55.5 Å². The third-order valence-electron chi connectivity index (χ3n) is 8.77. The van der Waals surface area contributed by atoms with E-state index in [4.69, 9.17) is 23.8 Å². The van der Waals surface area contributed by atoms with Gasteiger partial charge in [-0.15, -0.1) is 0 Å². The molecular weight excluding hydrogens is 758 g/mol. The van der Waals surface area contributed by atoms with Gasteiger partial charge in [0.1, 0.15) is 5.69 Å². The molecule has 1 aliphatic heterocycles. The zero-order valence-corrected chi connectivity index (χ0v) is 32.3. The number of amides is 1. The van der Waals surface area contributed by atoms with Gasteiger partial charge in [-0.1, -0.05) is 23.7 Å². The molecule has 1 aromatic heterocycles. The van der Waals surface area contributed by atoms with Crippen molar-refractivity contribution in [1.29, 1.82) is 0 Å². The maximum Gasteiger partial charge on any atom is 0.317 e. The molecular formula is C35H50ClN9O9S. The number of hydrogen-bond donors (Lipinski definition) is 7. The van der Waals surface area contributed by atoms with Crippen molar-refractivity contribution in [3.8, 4) is 0 Å².